The van der Waals surface area contributed by atoms with Gasteiger partial charge in [-0.25, -0.2) is 4.52 Å². The molecule has 5 rings (SSSR count). The highest BCUT2D eigenvalue weighted by molar-refractivity contribution is 7.16. The van der Waals surface area contributed by atoms with Crippen molar-refractivity contribution in [2.24, 2.45) is 5.92 Å². The Morgan fingerprint density at radius 1 is 1.09 bits per heavy atom. The third kappa shape index (κ3) is 4.32. The van der Waals surface area contributed by atoms with Crippen molar-refractivity contribution in [2.75, 3.05) is 53.1 Å². The summed E-state index contributed by atoms with van der Waals surface area (Å²) in [6, 6.07) is 4.32. The van der Waals surface area contributed by atoms with Gasteiger partial charge in [-0.15, -0.1) is 16.4 Å². The summed E-state index contributed by atoms with van der Waals surface area (Å²) < 4.78 is 30.6. The molecule has 3 aromatic rings. The van der Waals surface area contributed by atoms with E-state index in [1.807, 2.05) is 16.6 Å². The predicted molar refractivity (Wildman–Crippen MR) is 133 cm³/mol. The summed E-state index contributed by atoms with van der Waals surface area (Å²) in [6.45, 7) is 3.08. The monoisotopic (exact) mass is 487 g/mol. The van der Waals surface area contributed by atoms with E-state index >= 15 is 0 Å². The fraction of sp³-hybridized carbons (Fsp3) is 0.560. The van der Waals surface area contributed by atoms with Crippen LogP contribution in [0.4, 0.5) is 5.69 Å². The van der Waals surface area contributed by atoms with Crippen molar-refractivity contribution in [3.05, 3.63) is 23.1 Å². The van der Waals surface area contributed by atoms with Crippen molar-refractivity contribution in [3.8, 4) is 28.6 Å². The van der Waals surface area contributed by atoms with Crippen LogP contribution in [-0.2, 0) is 16.1 Å². The Balaban J connectivity index is 1.63. The zero-order valence-electron chi connectivity index (χ0n) is 20.3. The summed E-state index contributed by atoms with van der Waals surface area (Å²) in [7, 11) is 6.72. The molecule has 1 saturated heterocycles. The zero-order valence-corrected chi connectivity index (χ0v) is 21.2. The Bertz CT molecular complexity index is 1110. The molecule has 2 fully saturated rings. The molecule has 1 aliphatic heterocycles. The smallest absolute Gasteiger partial charge is 0.258 e. The first kappa shape index (κ1) is 23.3. The summed E-state index contributed by atoms with van der Waals surface area (Å²) in [5.74, 6) is 2.82. The van der Waals surface area contributed by atoms with Crippen LogP contribution in [0, 0.1) is 5.92 Å². The number of hydrogen-bond donors (Lipinski definition) is 0. The van der Waals surface area contributed by atoms with Crippen LogP contribution in [0.5, 0.6) is 17.4 Å². The average Bonchev–Trinajstić information content (AvgIpc) is 3.50. The van der Waals surface area contributed by atoms with Crippen LogP contribution in [0.25, 0.3) is 16.1 Å². The molecule has 34 heavy (non-hydrogen) atoms. The third-order valence-electron chi connectivity index (χ3n) is 6.64. The van der Waals surface area contributed by atoms with Crippen LogP contribution in [0.15, 0.2) is 17.5 Å². The van der Waals surface area contributed by atoms with Gasteiger partial charge in [-0.3, -0.25) is 0 Å². The number of aromatic nitrogens is 2. The van der Waals surface area contributed by atoms with E-state index in [9.17, 15) is 0 Å². The first-order valence-electron chi connectivity index (χ1n) is 11.8. The van der Waals surface area contributed by atoms with Crippen LogP contribution in [0.1, 0.15) is 31.2 Å². The van der Waals surface area contributed by atoms with E-state index in [2.05, 4.69) is 10.3 Å². The van der Waals surface area contributed by atoms with Crippen molar-refractivity contribution < 1.29 is 23.7 Å². The van der Waals surface area contributed by atoms with Crippen molar-refractivity contribution in [2.45, 2.75) is 38.3 Å². The van der Waals surface area contributed by atoms with Gasteiger partial charge in [0, 0.05) is 25.6 Å². The topological polar surface area (TPSA) is 66.7 Å². The number of methoxy groups -OCH3 is 4. The van der Waals surface area contributed by atoms with Crippen molar-refractivity contribution >= 4 is 21.9 Å². The molecule has 1 aromatic carbocycles. The van der Waals surface area contributed by atoms with Crippen molar-refractivity contribution in [3.63, 3.8) is 0 Å². The second kappa shape index (κ2) is 10.0. The molecule has 2 aromatic heterocycles. The molecule has 3 heterocycles. The van der Waals surface area contributed by atoms with Gasteiger partial charge < -0.3 is 28.6 Å². The molecular weight excluding hydrogens is 454 g/mol. The molecule has 0 amide bonds. The minimum absolute atomic E-state index is 0.333. The van der Waals surface area contributed by atoms with Gasteiger partial charge in [-0.1, -0.05) is 0 Å². The average molecular weight is 488 g/mol. The number of benzene rings is 1. The molecule has 0 N–H and O–H groups in total. The summed E-state index contributed by atoms with van der Waals surface area (Å²) in [5, 5.41) is 7.03. The minimum Gasteiger partial charge on any atom is -0.496 e. The summed E-state index contributed by atoms with van der Waals surface area (Å²) in [5.41, 5.74) is 3.82. The lowest BCUT2D eigenvalue weighted by Gasteiger charge is -2.35. The number of nitrogens with zero attached hydrogens (tertiary/aromatic N) is 3. The largest absolute Gasteiger partial charge is 0.496 e. The number of anilines is 1. The Hall–Kier alpha value is -2.49. The van der Waals surface area contributed by atoms with Crippen LogP contribution < -0.4 is 19.1 Å². The third-order valence-corrected chi connectivity index (χ3v) is 7.57. The lowest BCUT2D eigenvalue weighted by Crippen LogP contribution is -2.42. The SMILES string of the molecule is COCc1cc(OC)c(-c2csc3c(N(CC4CC4)C4CCCOC4)c(OC)nn23)c(OC)c1. The van der Waals surface area contributed by atoms with Crippen molar-refractivity contribution in [1.29, 1.82) is 0 Å². The Labute approximate surface area is 204 Å². The van der Waals surface area contributed by atoms with Gasteiger partial charge in [-0.05, 0) is 49.3 Å². The molecule has 2 aliphatic rings. The highest BCUT2D eigenvalue weighted by atomic mass is 32.1. The molecule has 184 valence electrons. The van der Waals surface area contributed by atoms with Gasteiger partial charge in [0.1, 0.15) is 22.0 Å². The summed E-state index contributed by atoms with van der Waals surface area (Å²) in [6.07, 6.45) is 4.77. The van der Waals surface area contributed by atoms with Gasteiger partial charge in [0.25, 0.3) is 5.88 Å². The highest BCUT2D eigenvalue weighted by Gasteiger charge is 2.34. The van der Waals surface area contributed by atoms with Crippen LogP contribution in [0.3, 0.4) is 0 Å². The van der Waals surface area contributed by atoms with E-state index in [-0.39, 0.29) is 0 Å². The fourth-order valence-corrected chi connectivity index (χ4v) is 5.79. The molecule has 1 aliphatic carbocycles. The fourth-order valence-electron chi connectivity index (χ4n) is 4.79. The quantitative estimate of drug-likeness (QED) is 0.413. The Kier molecular flexibility index (Phi) is 6.85. The number of fused-ring (bicyclic) bond motifs is 1. The lowest BCUT2D eigenvalue weighted by molar-refractivity contribution is 0.0789. The van der Waals surface area contributed by atoms with E-state index in [1.165, 1.54) is 12.8 Å². The first-order chi connectivity index (χ1) is 16.7. The molecule has 0 radical (unpaired) electrons. The number of thiazole rings is 1. The minimum atomic E-state index is 0.333. The highest BCUT2D eigenvalue weighted by Crippen LogP contribution is 2.46. The van der Waals surface area contributed by atoms with Gasteiger partial charge in [-0.2, -0.15) is 0 Å². The maximum atomic E-state index is 5.87. The van der Waals surface area contributed by atoms with Gasteiger partial charge in [0.05, 0.1) is 51.8 Å². The van der Waals surface area contributed by atoms with Gasteiger partial charge in [0.2, 0.25) is 0 Å². The number of hydrogen-bond acceptors (Lipinski definition) is 8. The predicted octanol–water partition coefficient (Wildman–Crippen LogP) is 4.63. The Morgan fingerprint density at radius 3 is 2.44 bits per heavy atom. The maximum Gasteiger partial charge on any atom is 0.258 e. The molecule has 1 atom stereocenters. The Morgan fingerprint density at radius 2 is 1.85 bits per heavy atom. The van der Waals surface area contributed by atoms with Crippen LogP contribution >= 0.6 is 11.3 Å². The van der Waals surface area contributed by atoms with Gasteiger partial charge in [0.15, 0.2) is 0 Å². The first-order valence-corrected chi connectivity index (χ1v) is 12.7. The molecule has 0 bridgehead atoms. The summed E-state index contributed by atoms with van der Waals surface area (Å²) in [4.78, 5) is 3.55. The molecule has 1 saturated carbocycles. The maximum absolute atomic E-state index is 5.87. The second-order valence-corrected chi connectivity index (χ2v) is 9.83. The van der Waals surface area contributed by atoms with E-state index < -0.39 is 0 Å². The standard InChI is InChI=1S/C25H33N3O5S/c1-29-13-17-10-20(30-2)22(21(11-17)31-3)19-15-34-25-23(24(32-4)26-28(19)25)27(12-16-7-8-16)18-6-5-9-33-14-18/h10-11,15-16,18H,5-9,12-14H2,1-4H3. The van der Waals surface area contributed by atoms with Gasteiger partial charge >= 0.3 is 0 Å². The molecule has 0 spiro atoms. The molecule has 9 heteroatoms. The van der Waals surface area contributed by atoms with E-state index in [4.69, 9.17) is 28.8 Å². The number of ether oxygens (including phenoxy) is 5. The molecule has 1 unspecified atom stereocenters. The van der Waals surface area contributed by atoms with E-state index in [1.54, 1.807) is 39.8 Å². The zero-order chi connectivity index (χ0) is 23.7. The summed E-state index contributed by atoms with van der Waals surface area (Å²) >= 11 is 1.67. The van der Waals surface area contributed by atoms with Crippen LogP contribution in [-0.4, -0.2) is 63.9 Å². The van der Waals surface area contributed by atoms with E-state index in [0.29, 0.717) is 18.5 Å². The lowest BCUT2D eigenvalue weighted by atomic mass is 10.1. The van der Waals surface area contributed by atoms with Crippen LogP contribution in [0.2, 0.25) is 0 Å². The van der Waals surface area contributed by atoms with Crippen molar-refractivity contribution in [1.82, 2.24) is 9.61 Å². The normalized spacial score (nSPS) is 18.3. The molecule has 8 nitrogen and oxygen atoms in total. The molecular formula is C25H33N3O5S. The van der Waals surface area contributed by atoms with E-state index in [0.717, 1.165) is 77.4 Å². The number of rotatable bonds is 10. The second-order valence-electron chi connectivity index (χ2n) is 8.97.